The van der Waals surface area contributed by atoms with E-state index in [2.05, 4.69) is 31.2 Å². The van der Waals surface area contributed by atoms with E-state index in [0.29, 0.717) is 0 Å². The maximum Gasteiger partial charge on any atom is 0.0412 e. The van der Waals surface area contributed by atoms with Crippen LogP contribution in [0.1, 0.15) is 37.3 Å². The van der Waals surface area contributed by atoms with Crippen molar-refractivity contribution in [3.05, 3.63) is 35.4 Å². The number of benzene rings is 1. The Bertz CT molecular complexity index is 300. The smallest absolute Gasteiger partial charge is 0.0412 e. The summed E-state index contributed by atoms with van der Waals surface area (Å²) in [6.07, 6.45) is 4.69. The lowest BCUT2D eigenvalue weighted by atomic mass is 9.71. The maximum absolute atomic E-state index is 6.30. The molecule has 0 aromatic heterocycles. The molecule has 1 aromatic rings. The standard InChI is InChI=1S/C12H17N/c1-2-10-6-3-4-7-11(10)12(13)8-5-9-12/h3-4,6-7H,2,5,8-9,13H2,1H3. The fourth-order valence-electron chi connectivity index (χ4n) is 2.14. The highest BCUT2D eigenvalue weighted by Gasteiger charge is 2.35. The van der Waals surface area contributed by atoms with E-state index in [1.165, 1.54) is 17.5 Å². The van der Waals surface area contributed by atoms with Crippen LogP contribution in [0.5, 0.6) is 0 Å². The van der Waals surface area contributed by atoms with E-state index in [-0.39, 0.29) is 5.54 Å². The number of nitrogens with two attached hydrogens (primary N) is 1. The van der Waals surface area contributed by atoms with Gasteiger partial charge in [-0.1, -0.05) is 31.2 Å². The zero-order valence-electron chi connectivity index (χ0n) is 8.22. The molecule has 2 N–H and O–H groups in total. The highest BCUT2D eigenvalue weighted by Crippen LogP contribution is 2.40. The van der Waals surface area contributed by atoms with Crippen molar-refractivity contribution in [1.82, 2.24) is 0 Å². The van der Waals surface area contributed by atoms with Crippen LogP contribution in [0.2, 0.25) is 0 Å². The third-order valence-electron chi connectivity index (χ3n) is 3.18. The first-order valence-corrected chi connectivity index (χ1v) is 5.13. The van der Waals surface area contributed by atoms with Crippen molar-refractivity contribution in [2.75, 3.05) is 0 Å². The lowest BCUT2D eigenvalue weighted by Gasteiger charge is -2.39. The molecular formula is C12H17N. The topological polar surface area (TPSA) is 26.0 Å². The van der Waals surface area contributed by atoms with Gasteiger partial charge in [0.1, 0.15) is 0 Å². The van der Waals surface area contributed by atoms with Gasteiger partial charge in [-0.05, 0) is 36.8 Å². The summed E-state index contributed by atoms with van der Waals surface area (Å²) in [6.45, 7) is 2.20. The summed E-state index contributed by atoms with van der Waals surface area (Å²) in [7, 11) is 0. The first-order valence-electron chi connectivity index (χ1n) is 5.13. The predicted molar refractivity (Wildman–Crippen MR) is 55.5 cm³/mol. The Morgan fingerprint density at radius 1 is 1.31 bits per heavy atom. The molecule has 0 saturated heterocycles. The van der Waals surface area contributed by atoms with Gasteiger partial charge in [0.05, 0.1) is 0 Å². The van der Waals surface area contributed by atoms with Crippen LogP contribution >= 0.6 is 0 Å². The first kappa shape index (κ1) is 8.76. The second-order valence-corrected chi connectivity index (χ2v) is 4.02. The Labute approximate surface area is 80.0 Å². The van der Waals surface area contributed by atoms with Gasteiger partial charge in [0.25, 0.3) is 0 Å². The van der Waals surface area contributed by atoms with Crippen LogP contribution in [-0.4, -0.2) is 0 Å². The lowest BCUT2D eigenvalue weighted by molar-refractivity contribution is 0.252. The number of hydrogen-bond donors (Lipinski definition) is 1. The zero-order valence-corrected chi connectivity index (χ0v) is 8.22. The number of hydrogen-bond acceptors (Lipinski definition) is 1. The third-order valence-corrected chi connectivity index (χ3v) is 3.18. The van der Waals surface area contributed by atoms with Crippen molar-refractivity contribution in [1.29, 1.82) is 0 Å². The van der Waals surface area contributed by atoms with Gasteiger partial charge in [-0.2, -0.15) is 0 Å². The number of aryl methyl sites for hydroxylation is 1. The minimum Gasteiger partial charge on any atom is -0.321 e. The van der Waals surface area contributed by atoms with Gasteiger partial charge < -0.3 is 5.73 Å². The average molecular weight is 175 g/mol. The van der Waals surface area contributed by atoms with E-state index >= 15 is 0 Å². The molecule has 1 fully saturated rings. The number of rotatable bonds is 2. The van der Waals surface area contributed by atoms with E-state index in [9.17, 15) is 0 Å². The van der Waals surface area contributed by atoms with Crippen LogP contribution < -0.4 is 5.73 Å². The Hall–Kier alpha value is -0.820. The largest absolute Gasteiger partial charge is 0.321 e. The summed E-state index contributed by atoms with van der Waals surface area (Å²) < 4.78 is 0. The maximum atomic E-state index is 6.30. The summed E-state index contributed by atoms with van der Waals surface area (Å²) in [4.78, 5) is 0. The van der Waals surface area contributed by atoms with Crippen LogP contribution in [0.25, 0.3) is 0 Å². The summed E-state index contributed by atoms with van der Waals surface area (Å²) in [6, 6.07) is 8.59. The van der Waals surface area contributed by atoms with Crippen molar-refractivity contribution in [3.8, 4) is 0 Å². The molecule has 2 rings (SSSR count). The molecular weight excluding hydrogens is 158 g/mol. The average Bonchev–Trinajstić information content (AvgIpc) is 2.14. The van der Waals surface area contributed by atoms with Crippen molar-refractivity contribution in [2.24, 2.45) is 5.73 Å². The molecule has 0 bridgehead atoms. The lowest BCUT2D eigenvalue weighted by Crippen LogP contribution is -2.43. The van der Waals surface area contributed by atoms with Gasteiger partial charge in [0.15, 0.2) is 0 Å². The SMILES string of the molecule is CCc1ccccc1C1(N)CCC1. The van der Waals surface area contributed by atoms with Crippen molar-refractivity contribution >= 4 is 0 Å². The van der Waals surface area contributed by atoms with Crippen LogP contribution in [0.4, 0.5) is 0 Å². The van der Waals surface area contributed by atoms with Crippen molar-refractivity contribution in [2.45, 2.75) is 38.1 Å². The fraction of sp³-hybridized carbons (Fsp3) is 0.500. The van der Waals surface area contributed by atoms with E-state index in [4.69, 9.17) is 5.73 Å². The van der Waals surface area contributed by atoms with Crippen LogP contribution in [-0.2, 0) is 12.0 Å². The summed E-state index contributed by atoms with van der Waals surface area (Å²) in [5.74, 6) is 0. The van der Waals surface area contributed by atoms with Gasteiger partial charge in [0, 0.05) is 5.54 Å². The van der Waals surface area contributed by atoms with Crippen LogP contribution in [0.3, 0.4) is 0 Å². The molecule has 0 aliphatic heterocycles. The van der Waals surface area contributed by atoms with Gasteiger partial charge in [-0.3, -0.25) is 0 Å². The van der Waals surface area contributed by atoms with Gasteiger partial charge in [-0.25, -0.2) is 0 Å². The van der Waals surface area contributed by atoms with E-state index in [0.717, 1.165) is 19.3 Å². The molecule has 1 saturated carbocycles. The molecule has 13 heavy (non-hydrogen) atoms. The highest BCUT2D eigenvalue weighted by molar-refractivity contribution is 5.35. The van der Waals surface area contributed by atoms with Crippen LogP contribution in [0, 0.1) is 0 Å². The molecule has 1 aliphatic carbocycles. The van der Waals surface area contributed by atoms with Gasteiger partial charge >= 0.3 is 0 Å². The quantitative estimate of drug-likeness (QED) is 0.734. The molecule has 70 valence electrons. The van der Waals surface area contributed by atoms with Crippen LogP contribution in [0.15, 0.2) is 24.3 Å². The summed E-state index contributed by atoms with van der Waals surface area (Å²) in [5, 5.41) is 0. The molecule has 1 nitrogen and oxygen atoms in total. The van der Waals surface area contributed by atoms with E-state index in [1.54, 1.807) is 0 Å². The van der Waals surface area contributed by atoms with Gasteiger partial charge in [-0.15, -0.1) is 0 Å². The molecule has 0 radical (unpaired) electrons. The molecule has 0 spiro atoms. The first-order chi connectivity index (χ1) is 6.26. The van der Waals surface area contributed by atoms with Crippen molar-refractivity contribution in [3.63, 3.8) is 0 Å². The van der Waals surface area contributed by atoms with Gasteiger partial charge in [0.2, 0.25) is 0 Å². The Morgan fingerprint density at radius 2 is 2.00 bits per heavy atom. The second kappa shape index (κ2) is 3.15. The highest BCUT2D eigenvalue weighted by atomic mass is 14.8. The molecule has 0 heterocycles. The molecule has 1 aromatic carbocycles. The monoisotopic (exact) mass is 175 g/mol. The Morgan fingerprint density at radius 3 is 2.54 bits per heavy atom. The summed E-state index contributed by atoms with van der Waals surface area (Å²) >= 11 is 0. The molecule has 1 heteroatoms. The van der Waals surface area contributed by atoms with E-state index in [1.807, 2.05) is 0 Å². The normalized spacial score (nSPS) is 19.5. The Balaban J connectivity index is 2.38. The molecule has 0 amide bonds. The van der Waals surface area contributed by atoms with E-state index < -0.39 is 0 Å². The second-order valence-electron chi connectivity index (χ2n) is 4.02. The minimum atomic E-state index is 0.00655. The Kier molecular flexibility index (Phi) is 2.12. The molecule has 0 unspecified atom stereocenters. The summed E-state index contributed by atoms with van der Waals surface area (Å²) in [5.41, 5.74) is 9.11. The minimum absolute atomic E-state index is 0.00655. The fourth-order valence-corrected chi connectivity index (χ4v) is 2.14. The zero-order chi connectivity index (χ0) is 9.31. The third kappa shape index (κ3) is 1.37. The molecule has 1 aliphatic rings. The van der Waals surface area contributed by atoms with Crippen molar-refractivity contribution < 1.29 is 0 Å². The molecule has 0 atom stereocenters. The predicted octanol–water partition coefficient (Wildman–Crippen LogP) is 2.59.